The zero-order chi connectivity index (χ0) is 13.8. The summed E-state index contributed by atoms with van der Waals surface area (Å²) < 4.78 is 5.34. The van der Waals surface area contributed by atoms with Crippen molar-refractivity contribution in [2.45, 2.75) is 46.1 Å². The van der Waals surface area contributed by atoms with Crippen LogP contribution in [-0.4, -0.2) is 29.7 Å². The van der Waals surface area contributed by atoms with Crippen molar-refractivity contribution in [2.75, 3.05) is 13.1 Å². The van der Waals surface area contributed by atoms with Crippen molar-refractivity contribution in [3.05, 3.63) is 12.2 Å². The largest absolute Gasteiger partial charge is 0.444 e. The van der Waals surface area contributed by atoms with Crippen LogP contribution in [0.25, 0.3) is 0 Å². The Morgan fingerprint density at radius 1 is 1.39 bits per heavy atom. The maximum atomic E-state index is 11.9. The lowest BCUT2D eigenvalue weighted by atomic mass is 9.80. The number of nitriles is 1. The van der Waals surface area contributed by atoms with E-state index in [4.69, 9.17) is 10.00 Å². The van der Waals surface area contributed by atoms with E-state index < -0.39 is 5.60 Å². The second kappa shape index (κ2) is 5.43. The molecule has 0 unspecified atom stereocenters. The molecule has 0 saturated carbocycles. The summed E-state index contributed by atoms with van der Waals surface area (Å²) in [6.45, 7) is 9.09. The fourth-order valence-corrected chi connectivity index (χ4v) is 1.93. The molecule has 0 bridgehead atoms. The quantitative estimate of drug-likeness (QED) is 0.672. The van der Waals surface area contributed by atoms with Crippen LogP contribution in [0.1, 0.15) is 40.5 Å². The highest BCUT2D eigenvalue weighted by molar-refractivity contribution is 5.68. The molecule has 0 aromatic carbocycles. The molecule has 0 aliphatic carbocycles. The molecule has 0 atom stereocenters. The number of hydrogen-bond acceptors (Lipinski definition) is 3. The molecule has 1 amide bonds. The number of ether oxygens (including phenoxy) is 1. The summed E-state index contributed by atoms with van der Waals surface area (Å²) in [6.07, 6.45) is 4.96. The molecule has 0 spiro atoms. The average molecular weight is 250 g/mol. The van der Waals surface area contributed by atoms with Crippen molar-refractivity contribution in [3.63, 3.8) is 0 Å². The fourth-order valence-electron chi connectivity index (χ4n) is 1.93. The van der Waals surface area contributed by atoms with Crippen molar-refractivity contribution in [1.82, 2.24) is 4.90 Å². The molecule has 4 nitrogen and oxygen atoms in total. The highest BCUT2D eigenvalue weighted by Crippen LogP contribution is 2.32. The Balaban J connectivity index is 2.52. The lowest BCUT2D eigenvalue weighted by Crippen LogP contribution is -2.43. The number of piperidine rings is 1. The predicted molar refractivity (Wildman–Crippen MR) is 69.9 cm³/mol. The van der Waals surface area contributed by atoms with E-state index in [1.54, 1.807) is 4.90 Å². The van der Waals surface area contributed by atoms with Crippen molar-refractivity contribution in [1.29, 1.82) is 5.26 Å². The molecule has 0 N–H and O–H groups in total. The minimum atomic E-state index is -0.446. The van der Waals surface area contributed by atoms with Gasteiger partial charge in [-0.2, -0.15) is 5.26 Å². The number of likely N-dealkylation sites (tertiary alicyclic amines) is 1. The van der Waals surface area contributed by atoms with E-state index >= 15 is 0 Å². The van der Waals surface area contributed by atoms with Crippen LogP contribution < -0.4 is 0 Å². The number of allylic oxidation sites excluding steroid dienone is 2. The van der Waals surface area contributed by atoms with Gasteiger partial charge in [-0.3, -0.25) is 0 Å². The summed E-state index contributed by atoms with van der Waals surface area (Å²) in [5, 5.41) is 8.56. The molecule has 1 saturated heterocycles. The SMILES string of the molecule is CC1(C=CC#N)CCN(C(=O)OC(C)(C)C)CC1. The zero-order valence-corrected chi connectivity index (χ0v) is 11.7. The second-order valence-electron chi connectivity index (χ2n) is 6.08. The highest BCUT2D eigenvalue weighted by atomic mass is 16.6. The van der Waals surface area contributed by atoms with E-state index in [2.05, 4.69) is 6.92 Å². The summed E-state index contributed by atoms with van der Waals surface area (Å²) in [5.41, 5.74) is -0.424. The van der Waals surface area contributed by atoms with E-state index in [0.717, 1.165) is 12.8 Å². The lowest BCUT2D eigenvalue weighted by Gasteiger charge is -2.37. The average Bonchev–Trinajstić information content (AvgIpc) is 2.25. The van der Waals surface area contributed by atoms with Crippen LogP contribution in [-0.2, 0) is 4.74 Å². The Labute approximate surface area is 109 Å². The number of nitrogens with zero attached hydrogens (tertiary/aromatic N) is 2. The van der Waals surface area contributed by atoms with Gasteiger partial charge in [0, 0.05) is 19.2 Å². The van der Waals surface area contributed by atoms with Crippen LogP contribution in [0.4, 0.5) is 4.79 Å². The molecular weight excluding hydrogens is 228 g/mol. The molecule has 0 aromatic rings. The molecular formula is C14H22N2O2. The Bertz CT molecular complexity index is 366. The van der Waals surface area contributed by atoms with E-state index in [1.807, 2.05) is 32.9 Å². The zero-order valence-electron chi connectivity index (χ0n) is 11.7. The van der Waals surface area contributed by atoms with Crippen molar-refractivity contribution in [3.8, 4) is 6.07 Å². The molecule has 4 heteroatoms. The molecule has 1 fully saturated rings. The van der Waals surface area contributed by atoms with Crippen molar-refractivity contribution >= 4 is 6.09 Å². The Kier molecular flexibility index (Phi) is 4.39. The smallest absolute Gasteiger partial charge is 0.410 e. The first-order chi connectivity index (χ1) is 8.26. The number of carbonyl (C=O) groups excluding carboxylic acids is 1. The topological polar surface area (TPSA) is 53.3 Å². The van der Waals surface area contributed by atoms with Crippen LogP contribution >= 0.6 is 0 Å². The molecule has 0 radical (unpaired) electrons. The summed E-state index contributed by atoms with van der Waals surface area (Å²) in [5.74, 6) is 0. The van der Waals surface area contributed by atoms with Gasteiger partial charge in [-0.25, -0.2) is 4.79 Å². The minimum Gasteiger partial charge on any atom is -0.444 e. The molecule has 1 heterocycles. The summed E-state index contributed by atoms with van der Waals surface area (Å²) >= 11 is 0. The third-order valence-electron chi connectivity index (χ3n) is 3.12. The monoisotopic (exact) mass is 250 g/mol. The highest BCUT2D eigenvalue weighted by Gasteiger charge is 2.31. The standard InChI is InChI=1S/C14H22N2O2/c1-13(2,3)18-12(17)16-10-7-14(4,8-11-16)6-5-9-15/h5-6H,7-8,10-11H2,1-4H3. The Morgan fingerprint density at radius 2 is 1.94 bits per heavy atom. The second-order valence-corrected chi connectivity index (χ2v) is 6.08. The van der Waals surface area contributed by atoms with Gasteiger partial charge in [-0.1, -0.05) is 13.0 Å². The molecule has 100 valence electrons. The third-order valence-corrected chi connectivity index (χ3v) is 3.12. The van der Waals surface area contributed by atoms with E-state index in [0.29, 0.717) is 13.1 Å². The maximum Gasteiger partial charge on any atom is 0.410 e. The third kappa shape index (κ3) is 4.40. The van der Waals surface area contributed by atoms with Gasteiger partial charge in [-0.05, 0) is 39.0 Å². The normalized spacial score (nSPS) is 19.6. The van der Waals surface area contributed by atoms with Gasteiger partial charge < -0.3 is 9.64 Å². The number of carbonyl (C=O) groups is 1. The van der Waals surface area contributed by atoms with Crippen LogP contribution in [0, 0.1) is 16.7 Å². The van der Waals surface area contributed by atoms with Gasteiger partial charge in [-0.15, -0.1) is 0 Å². The summed E-state index contributed by atoms with van der Waals surface area (Å²) in [6, 6.07) is 2.02. The Hall–Kier alpha value is -1.50. The first-order valence-corrected chi connectivity index (χ1v) is 6.31. The van der Waals surface area contributed by atoms with E-state index in [1.165, 1.54) is 6.08 Å². The molecule has 1 rings (SSSR count). The lowest BCUT2D eigenvalue weighted by molar-refractivity contribution is 0.0155. The predicted octanol–water partition coefficient (Wildman–Crippen LogP) is 3.10. The fraction of sp³-hybridized carbons (Fsp3) is 0.714. The van der Waals surface area contributed by atoms with Gasteiger partial charge in [0.25, 0.3) is 0 Å². The van der Waals surface area contributed by atoms with E-state index in [9.17, 15) is 4.79 Å². The summed E-state index contributed by atoms with van der Waals surface area (Å²) in [4.78, 5) is 13.6. The molecule has 1 aliphatic rings. The van der Waals surface area contributed by atoms with Gasteiger partial charge >= 0.3 is 6.09 Å². The molecule has 18 heavy (non-hydrogen) atoms. The minimum absolute atomic E-state index is 0.0221. The first-order valence-electron chi connectivity index (χ1n) is 6.31. The number of hydrogen-bond donors (Lipinski definition) is 0. The van der Waals surface area contributed by atoms with Gasteiger partial charge in [0.2, 0.25) is 0 Å². The Morgan fingerprint density at radius 3 is 2.39 bits per heavy atom. The summed E-state index contributed by atoms with van der Waals surface area (Å²) in [7, 11) is 0. The number of amides is 1. The van der Waals surface area contributed by atoms with Gasteiger partial charge in [0.1, 0.15) is 5.60 Å². The van der Waals surface area contributed by atoms with Gasteiger partial charge in [0.15, 0.2) is 0 Å². The van der Waals surface area contributed by atoms with Crippen LogP contribution in [0.3, 0.4) is 0 Å². The molecule has 1 aliphatic heterocycles. The van der Waals surface area contributed by atoms with E-state index in [-0.39, 0.29) is 11.5 Å². The maximum absolute atomic E-state index is 11.9. The molecule has 0 aromatic heterocycles. The van der Waals surface area contributed by atoms with Crippen LogP contribution in [0.5, 0.6) is 0 Å². The van der Waals surface area contributed by atoms with Crippen LogP contribution in [0.2, 0.25) is 0 Å². The van der Waals surface area contributed by atoms with Gasteiger partial charge in [0.05, 0.1) is 6.07 Å². The van der Waals surface area contributed by atoms with Crippen molar-refractivity contribution in [2.24, 2.45) is 5.41 Å². The van der Waals surface area contributed by atoms with Crippen molar-refractivity contribution < 1.29 is 9.53 Å². The van der Waals surface area contributed by atoms with Crippen LogP contribution in [0.15, 0.2) is 12.2 Å². The first kappa shape index (κ1) is 14.6. The number of rotatable bonds is 1.